The summed E-state index contributed by atoms with van der Waals surface area (Å²) < 4.78 is 0. The number of amides is 1. The highest BCUT2D eigenvalue weighted by molar-refractivity contribution is 7.97. The van der Waals surface area contributed by atoms with E-state index < -0.39 is 0 Å². The zero-order valence-corrected chi connectivity index (χ0v) is 21.3. The summed E-state index contributed by atoms with van der Waals surface area (Å²) >= 11 is 1.90. The van der Waals surface area contributed by atoms with Crippen LogP contribution in [0.4, 0.5) is 0 Å². The number of carbonyl (C=O) groups is 1. The number of hydrogen-bond donors (Lipinski definition) is 0. The van der Waals surface area contributed by atoms with Crippen LogP contribution in [0.2, 0.25) is 0 Å². The molecule has 4 aromatic carbocycles. The highest BCUT2D eigenvalue weighted by atomic mass is 32.2. The number of piperazine rings is 1. The Morgan fingerprint density at radius 1 is 0.611 bits per heavy atom. The maximum absolute atomic E-state index is 13.2. The molecule has 5 rings (SSSR count). The van der Waals surface area contributed by atoms with Gasteiger partial charge in [-0.25, -0.2) is 0 Å². The Hall–Kier alpha value is -3.34. The molecule has 1 aliphatic rings. The molecule has 3 nitrogen and oxygen atoms in total. The molecule has 1 aliphatic heterocycles. The van der Waals surface area contributed by atoms with Crippen LogP contribution in [-0.4, -0.2) is 41.9 Å². The largest absolute Gasteiger partial charge is 0.336 e. The van der Waals surface area contributed by atoms with Crippen LogP contribution in [-0.2, 0) is 11.5 Å². The number of rotatable bonds is 8. The van der Waals surface area contributed by atoms with Crippen LogP contribution < -0.4 is 0 Å². The average Bonchev–Trinajstić information content (AvgIpc) is 2.95. The standard InChI is InChI=1S/C32H32N2OS/c35-32(30-18-16-27(17-19-30)25-36-24-26-10-4-1-5-11-26)34-22-20-33(21-23-34)31(28-12-6-2-7-13-28)29-14-8-3-9-15-29/h1-19,31H,20-25H2. The molecular weight excluding hydrogens is 460 g/mol. The van der Waals surface area contributed by atoms with E-state index in [-0.39, 0.29) is 11.9 Å². The smallest absolute Gasteiger partial charge is 0.253 e. The fraction of sp³-hybridized carbons (Fsp3) is 0.219. The molecule has 1 fully saturated rings. The SMILES string of the molecule is O=C(c1ccc(CSCc2ccccc2)cc1)N1CCN(C(c2ccccc2)c2ccccc2)CC1. The van der Waals surface area contributed by atoms with Crippen molar-refractivity contribution in [2.45, 2.75) is 17.5 Å². The van der Waals surface area contributed by atoms with Gasteiger partial charge in [0.15, 0.2) is 0 Å². The van der Waals surface area contributed by atoms with Crippen molar-refractivity contribution in [3.63, 3.8) is 0 Å². The van der Waals surface area contributed by atoms with E-state index in [9.17, 15) is 4.79 Å². The van der Waals surface area contributed by atoms with E-state index in [1.807, 2.05) is 28.8 Å². The second-order valence-electron chi connectivity index (χ2n) is 9.23. The molecule has 36 heavy (non-hydrogen) atoms. The summed E-state index contributed by atoms with van der Waals surface area (Å²) in [6, 6.07) is 40.3. The first-order valence-corrected chi connectivity index (χ1v) is 13.8. The van der Waals surface area contributed by atoms with Crippen molar-refractivity contribution < 1.29 is 4.79 Å². The van der Waals surface area contributed by atoms with Crippen LogP contribution in [0.1, 0.15) is 38.7 Å². The number of hydrogen-bond acceptors (Lipinski definition) is 3. The molecule has 0 spiro atoms. The van der Waals surface area contributed by atoms with Gasteiger partial charge < -0.3 is 4.90 Å². The Morgan fingerprint density at radius 3 is 1.61 bits per heavy atom. The molecule has 4 aromatic rings. The minimum Gasteiger partial charge on any atom is -0.336 e. The summed E-state index contributed by atoms with van der Waals surface area (Å²) in [4.78, 5) is 17.7. The van der Waals surface area contributed by atoms with Crippen LogP contribution in [0.3, 0.4) is 0 Å². The van der Waals surface area contributed by atoms with E-state index in [2.05, 4.69) is 108 Å². The molecule has 182 valence electrons. The van der Waals surface area contributed by atoms with E-state index in [0.717, 1.165) is 43.2 Å². The molecule has 0 radical (unpaired) electrons. The molecule has 1 heterocycles. The third-order valence-electron chi connectivity index (χ3n) is 6.78. The summed E-state index contributed by atoms with van der Waals surface area (Å²) in [7, 11) is 0. The predicted molar refractivity (Wildman–Crippen MR) is 150 cm³/mol. The summed E-state index contributed by atoms with van der Waals surface area (Å²) in [6.45, 7) is 3.19. The molecule has 4 heteroatoms. The maximum atomic E-state index is 13.2. The second kappa shape index (κ2) is 12.1. The van der Waals surface area contributed by atoms with Gasteiger partial charge >= 0.3 is 0 Å². The lowest BCUT2D eigenvalue weighted by molar-refractivity contribution is 0.0597. The van der Waals surface area contributed by atoms with Gasteiger partial charge in [-0.1, -0.05) is 103 Å². The summed E-state index contributed by atoms with van der Waals surface area (Å²) in [5, 5.41) is 0. The van der Waals surface area contributed by atoms with Gasteiger partial charge in [0, 0.05) is 43.2 Å². The van der Waals surface area contributed by atoms with Gasteiger partial charge in [-0.2, -0.15) is 11.8 Å². The average molecular weight is 493 g/mol. The zero-order chi connectivity index (χ0) is 24.6. The van der Waals surface area contributed by atoms with Gasteiger partial charge in [-0.3, -0.25) is 9.69 Å². The van der Waals surface area contributed by atoms with Crippen molar-refractivity contribution in [2.75, 3.05) is 26.2 Å². The molecule has 0 atom stereocenters. The van der Waals surface area contributed by atoms with E-state index in [4.69, 9.17) is 0 Å². The van der Waals surface area contributed by atoms with Crippen molar-refractivity contribution in [3.8, 4) is 0 Å². The third-order valence-corrected chi connectivity index (χ3v) is 7.85. The Labute approximate surface area is 218 Å². The van der Waals surface area contributed by atoms with Crippen LogP contribution >= 0.6 is 11.8 Å². The lowest BCUT2D eigenvalue weighted by Crippen LogP contribution is -2.49. The molecular formula is C32H32N2OS. The predicted octanol–water partition coefficient (Wildman–Crippen LogP) is 6.67. The molecule has 0 unspecified atom stereocenters. The number of benzene rings is 4. The lowest BCUT2D eigenvalue weighted by atomic mass is 9.96. The van der Waals surface area contributed by atoms with Crippen molar-refractivity contribution in [1.29, 1.82) is 0 Å². The van der Waals surface area contributed by atoms with E-state index in [1.54, 1.807) is 0 Å². The highest BCUT2D eigenvalue weighted by Gasteiger charge is 2.28. The van der Waals surface area contributed by atoms with Crippen molar-refractivity contribution >= 4 is 17.7 Å². The Bertz CT molecular complexity index is 1180. The molecule has 0 saturated carbocycles. The normalized spacial score (nSPS) is 14.2. The lowest BCUT2D eigenvalue weighted by Gasteiger charge is -2.39. The van der Waals surface area contributed by atoms with Crippen LogP contribution in [0, 0.1) is 0 Å². The maximum Gasteiger partial charge on any atom is 0.253 e. The van der Waals surface area contributed by atoms with Crippen LogP contribution in [0.5, 0.6) is 0 Å². The number of nitrogens with zero attached hydrogens (tertiary/aromatic N) is 2. The molecule has 1 amide bonds. The van der Waals surface area contributed by atoms with E-state index >= 15 is 0 Å². The van der Waals surface area contributed by atoms with E-state index in [1.165, 1.54) is 22.3 Å². The minimum atomic E-state index is 0.133. The first-order chi connectivity index (χ1) is 17.8. The number of carbonyl (C=O) groups excluding carboxylic acids is 1. The molecule has 0 aliphatic carbocycles. The van der Waals surface area contributed by atoms with Crippen LogP contribution in [0.25, 0.3) is 0 Å². The molecule has 1 saturated heterocycles. The first kappa shape index (κ1) is 24.4. The minimum absolute atomic E-state index is 0.133. The Balaban J connectivity index is 1.18. The summed E-state index contributed by atoms with van der Waals surface area (Å²) in [6.07, 6.45) is 0. The van der Waals surface area contributed by atoms with Gasteiger partial charge in [0.1, 0.15) is 0 Å². The van der Waals surface area contributed by atoms with Gasteiger partial charge in [0.05, 0.1) is 6.04 Å². The quantitative estimate of drug-likeness (QED) is 0.275. The van der Waals surface area contributed by atoms with Crippen molar-refractivity contribution in [2.24, 2.45) is 0 Å². The van der Waals surface area contributed by atoms with Crippen molar-refractivity contribution in [3.05, 3.63) is 143 Å². The number of thioether (sulfide) groups is 1. The van der Waals surface area contributed by atoms with Gasteiger partial charge in [0.2, 0.25) is 0 Å². The zero-order valence-electron chi connectivity index (χ0n) is 20.5. The topological polar surface area (TPSA) is 23.6 Å². The molecule has 0 bridgehead atoms. The first-order valence-electron chi connectivity index (χ1n) is 12.6. The molecule has 0 N–H and O–H groups in total. The highest BCUT2D eigenvalue weighted by Crippen LogP contribution is 2.29. The summed E-state index contributed by atoms with van der Waals surface area (Å²) in [5.74, 6) is 2.08. The Morgan fingerprint density at radius 2 is 1.08 bits per heavy atom. The van der Waals surface area contributed by atoms with Crippen molar-refractivity contribution in [1.82, 2.24) is 9.80 Å². The third kappa shape index (κ3) is 6.07. The fourth-order valence-electron chi connectivity index (χ4n) is 4.86. The van der Waals surface area contributed by atoms with Gasteiger partial charge in [-0.15, -0.1) is 0 Å². The van der Waals surface area contributed by atoms with Gasteiger partial charge in [-0.05, 0) is 34.4 Å². The second-order valence-corrected chi connectivity index (χ2v) is 10.2. The summed E-state index contributed by atoms with van der Waals surface area (Å²) in [5.41, 5.74) is 5.97. The van der Waals surface area contributed by atoms with E-state index in [0.29, 0.717) is 0 Å². The fourth-order valence-corrected chi connectivity index (χ4v) is 5.81. The molecule has 0 aromatic heterocycles. The van der Waals surface area contributed by atoms with Crippen LogP contribution in [0.15, 0.2) is 115 Å². The van der Waals surface area contributed by atoms with Gasteiger partial charge in [0.25, 0.3) is 5.91 Å². The monoisotopic (exact) mass is 492 g/mol. The Kier molecular flexibility index (Phi) is 8.17.